The van der Waals surface area contributed by atoms with Gasteiger partial charge in [-0.15, -0.1) is 0 Å². The summed E-state index contributed by atoms with van der Waals surface area (Å²) in [6.45, 7) is 2.33. The molecule has 0 aliphatic carbocycles. The molecule has 2 rings (SSSR count). The Bertz CT molecular complexity index is 582. The van der Waals surface area contributed by atoms with Crippen LogP contribution in [0.5, 0.6) is 0 Å². The van der Waals surface area contributed by atoms with Gasteiger partial charge in [0, 0.05) is 6.54 Å². The SMILES string of the molecule is CCN(CC(N)=O)c1nc(NN)nc(-n2cncn2)n1. The average Bonchev–Trinajstić information content (AvgIpc) is 2.98. The van der Waals surface area contributed by atoms with Crippen molar-refractivity contribution in [2.24, 2.45) is 11.6 Å². The summed E-state index contributed by atoms with van der Waals surface area (Å²) in [4.78, 5) is 28.8. The lowest BCUT2D eigenvalue weighted by Crippen LogP contribution is -2.35. The molecule has 0 bridgehead atoms. The zero-order valence-electron chi connectivity index (χ0n) is 10.8. The van der Waals surface area contributed by atoms with Crippen LogP contribution in [-0.4, -0.2) is 48.7 Å². The molecule has 0 spiro atoms. The van der Waals surface area contributed by atoms with Crippen LogP contribution in [0, 0.1) is 0 Å². The van der Waals surface area contributed by atoms with Crippen LogP contribution in [0.15, 0.2) is 12.7 Å². The molecular formula is C9H14N10O. The number of carbonyl (C=O) groups is 1. The molecule has 11 heteroatoms. The van der Waals surface area contributed by atoms with Crippen molar-refractivity contribution < 1.29 is 4.79 Å². The van der Waals surface area contributed by atoms with Crippen molar-refractivity contribution in [1.82, 2.24) is 29.7 Å². The Morgan fingerprint density at radius 1 is 1.45 bits per heavy atom. The summed E-state index contributed by atoms with van der Waals surface area (Å²) in [6.07, 6.45) is 2.78. The van der Waals surface area contributed by atoms with Gasteiger partial charge in [0.2, 0.25) is 17.8 Å². The Morgan fingerprint density at radius 2 is 2.25 bits per heavy atom. The second-order valence-corrected chi connectivity index (χ2v) is 3.72. The molecule has 106 valence electrons. The Kier molecular flexibility index (Phi) is 4.00. The van der Waals surface area contributed by atoms with Gasteiger partial charge in [-0.1, -0.05) is 0 Å². The second-order valence-electron chi connectivity index (χ2n) is 3.72. The number of primary amides is 1. The van der Waals surface area contributed by atoms with Crippen LogP contribution < -0.4 is 21.9 Å². The second kappa shape index (κ2) is 5.88. The fraction of sp³-hybridized carbons (Fsp3) is 0.333. The molecule has 0 unspecified atom stereocenters. The highest BCUT2D eigenvalue weighted by molar-refractivity contribution is 5.78. The highest BCUT2D eigenvalue weighted by Crippen LogP contribution is 2.11. The predicted molar refractivity (Wildman–Crippen MR) is 69.6 cm³/mol. The highest BCUT2D eigenvalue weighted by atomic mass is 16.1. The van der Waals surface area contributed by atoms with E-state index >= 15 is 0 Å². The first-order valence-corrected chi connectivity index (χ1v) is 5.75. The summed E-state index contributed by atoms with van der Waals surface area (Å²) in [5.74, 6) is 5.47. The summed E-state index contributed by atoms with van der Waals surface area (Å²) in [7, 11) is 0. The molecule has 5 N–H and O–H groups in total. The van der Waals surface area contributed by atoms with Crippen molar-refractivity contribution in [1.29, 1.82) is 0 Å². The van der Waals surface area contributed by atoms with E-state index in [9.17, 15) is 4.79 Å². The fourth-order valence-corrected chi connectivity index (χ4v) is 1.49. The Hall–Kier alpha value is -2.82. The molecule has 11 nitrogen and oxygen atoms in total. The number of hydrogen-bond donors (Lipinski definition) is 3. The van der Waals surface area contributed by atoms with Gasteiger partial charge in [-0.2, -0.15) is 24.7 Å². The zero-order valence-corrected chi connectivity index (χ0v) is 10.8. The molecule has 0 radical (unpaired) electrons. The number of rotatable bonds is 6. The van der Waals surface area contributed by atoms with E-state index in [0.29, 0.717) is 6.54 Å². The van der Waals surface area contributed by atoms with Crippen molar-refractivity contribution in [3.05, 3.63) is 12.7 Å². The van der Waals surface area contributed by atoms with Gasteiger partial charge in [-0.3, -0.25) is 10.2 Å². The van der Waals surface area contributed by atoms with Crippen LogP contribution in [-0.2, 0) is 4.79 Å². The summed E-state index contributed by atoms with van der Waals surface area (Å²) >= 11 is 0. The van der Waals surface area contributed by atoms with Crippen molar-refractivity contribution >= 4 is 17.8 Å². The number of hydrazine groups is 1. The number of anilines is 2. The van der Waals surface area contributed by atoms with Crippen LogP contribution in [0.25, 0.3) is 5.95 Å². The first kappa shape index (κ1) is 13.6. The lowest BCUT2D eigenvalue weighted by Gasteiger charge is -2.19. The first-order chi connectivity index (χ1) is 9.63. The number of hydrogen-bond acceptors (Lipinski definition) is 9. The molecule has 0 fully saturated rings. The van der Waals surface area contributed by atoms with E-state index < -0.39 is 5.91 Å². The molecule has 20 heavy (non-hydrogen) atoms. The van der Waals surface area contributed by atoms with E-state index in [4.69, 9.17) is 11.6 Å². The van der Waals surface area contributed by atoms with Gasteiger partial charge in [0.25, 0.3) is 5.95 Å². The van der Waals surface area contributed by atoms with E-state index in [1.54, 1.807) is 4.90 Å². The molecule has 1 amide bonds. The van der Waals surface area contributed by atoms with Gasteiger partial charge in [-0.25, -0.2) is 10.8 Å². The summed E-state index contributed by atoms with van der Waals surface area (Å²) in [5.41, 5.74) is 7.53. The fourth-order valence-electron chi connectivity index (χ4n) is 1.49. The number of carbonyl (C=O) groups excluding carboxylic acids is 1. The quantitative estimate of drug-likeness (QED) is 0.404. The molecule has 0 aliphatic heterocycles. The minimum Gasteiger partial charge on any atom is -0.368 e. The third kappa shape index (κ3) is 2.95. The molecular weight excluding hydrogens is 264 g/mol. The van der Waals surface area contributed by atoms with Crippen molar-refractivity contribution in [2.75, 3.05) is 23.4 Å². The van der Waals surface area contributed by atoms with Gasteiger partial charge >= 0.3 is 0 Å². The standard InChI is InChI=1S/C9H14N10O/c1-2-18(3-6(10)20)8-14-7(17-11)15-9(16-8)19-5-12-4-13-19/h4-5H,2-3,11H2,1H3,(H2,10,20)(H,14,15,16,17). The maximum atomic E-state index is 11.1. The highest BCUT2D eigenvalue weighted by Gasteiger charge is 2.15. The van der Waals surface area contributed by atoms with Crippen LogP contribution in [0.2, 0.25) is 0 Å². The van der Waals surface area contributed by atoms with E-state index in [1.807, 2.05) is 6.92 Å². The Balaban J connectivity index is 2.42. The maximum Gasteiger partial charge on any atom is 0.258 e. The van der Waals surface area contributed by atoms with Crippen molar-refractivity contribution in [3.63, 3.8) is 0 Å². The van der Waals surface area contributed by atoms with Gasteiger partial charge in [-0.05, 0) is 6.92 Å². The van der Waals surface area contributed by atoms with Crippen molar-refractivity contribution in [3.8, 4) is 5.95 Å². The third-order valence-corrected chi connectivity index (χ3v) is 2.38. The van der Waals surface area contributed by atoms with Gasteiger partial charge < -0.3 is 10.6 Å². The minimum absolute atomic E-state index is 0.0126. The number of aromatic nitrogens is 6. The predicted octanol–water partition coefficient (Wildman–Crippen LogP) is -1.95. The summed E-state index contributed by atoms with van der Waals surface area (Å²) in [6, 6.07) is 0. The third-order valence-electron chi connectivity index (χ3n) is 2.38. The Morgan fingerprint density at radius 3 is 2.80 bits per heavy atom. The molecule has 0 saturated carbocycles. The van der Waals surface area contributed by atoms with Gasteiger partial charge in [0.1, 0.15) is 12.7 Å². The molecule has 0 atom stereocenters. The van der Waals surface area contributed by atoms with Crippen LogP contribution >= 0.6 is 0 Å². The lowest BCUT2D eigenvalue weighted by atomic mass is 10.5. The van der Waals surface area contributed by atoms with Crippen LogP contribution in [0.3, 0.4) is 0 Å². The molecule has 2 heterocycles. The molecule has 2 aromatic rings. The number of likely N-dealkylation sites (N-methyl/N-ethyl adjacent to an activating group) is 1. The maximum absolute atomic E-state index is 11.1. The number of nitrogens with zero attached hydrogens (tertiary/aromatic N) is 7. The minimum atomic E-state index is -0.489. The van der Waals surface area contributed by atoms with Crippen LogP contribution in [0.4, 0.5) is 11.9 Å². The van der Waals surface area contributed by atoms with E-state index in [2.05, 4.69) is 30.5 Å². The smallest absolute Gasteiger partial charge is 0.258 e. The van der Waals surface area contributed by atoms with Crippen LogP contribution in [0.1, 0.15) is 6.92 Å². The number of amides is 1. The molecule has 0 aliphatic rings. The van der Waals surface area contributed by atoms with Crippen molar-refractivity contribution in [2.45, 2.75) is 6.92 Å². The molecule has 2 aromatic heterocycles. The van der Waals surface area contributed by atoms with Gasteiger partial charge in [0.15, 0.2) is 0 Å². The molecule has 0 saturated heterocycles. The first-order valence-electron chi connectivity index (χ1n) is 5.75. The number of nitrogens with two attached hydrogens (primary N) is 2. The zero-order chi connectivity index (χ0) is 14.5. The van der Waals surface area contributed by atoms with E-state index in [0.717, 1.165) is 0 Å². The van der Waals surface area contributed by atoms with E-state index in [1.165, 1.54) is 17.3 Å². The normalized spacial score (nSPS) is 10.3. The molecule has 0 aromatic carbocycles. The number of nitrogen functional groups attached to an aromatic ring is 1. The van der Waals surface area contributed by atoms with Gasteiger partial charge in [0.05, 0.1) is 6.54 Å². The Labute approximate surface area is 114 Å². The monoisotopic (exact) mass is 278 g/mol. The number of nitrogens with one attached hydrogen (secondary N) is 1. The average molecular weight is 278 g/mol. The summed E-state index contributed by atoms with van der Waals surface area (Å²) in [5, 5.41) is 3.92. The van der Waals surface area contributed by atoms with E-state index in [-0.39, 0.29) is 24.4 Å². The largest absolute Gasteiger partial charge is 0.368 e. The summed E-state index contributed by atoms with van der Waals surface area (Å²) < 4.78 is 1.35. The lowest BCUT2D eigenvalue weighted by molar-refractivity contribution is -0.116. The topological polar surface area (TPSA) is 154 Å².